The van der Waals surface area contributed by atoms with E-state index in [9.17, 15) is 18.0 Å². The van der Waals surface area contributed by atoms with Crippen LogP contribution >= 0.6 is 0 Å². The summed E-state index contributed by atoms with van der Waals surface area (Å²) in [6.45, 7) is 3.62. The van der Waals surface area contributed by atoms with Crippen LogP contribution < -0.4 is 0 Å². The Labute approximate surface area is 97.0 Å². The highest BCUT2D eigenvalue weighted by atomic mass is 19.4. The van der Waals surface area contributed by atoms with Crippen molar-refractivity contribution < 1.29 is 18.0 Å². The molecule has 2 rings (SSSR count). The minimum absolute atomic E-state index is 0.0432. The molecule has 0 radical (unpaired) electrons. The third-order valence-corrected chi connectivity index (χ3v) is 2.92. The summed E-state index contributed by atoms with van der Waals surface area (Å²) in [4.78, 5) is 13.3. The van der Waals surface area contributed by atoms with Crippen molar-refractivity contribution in [1.82, 2.24) is 4.90 Å². The van der Waals surface area contributed by atoms with E-state index in [2.05, 4.69) is 0 Å². The van der Waals surface area contributed by atoms with Crippen LogP contribution in [0.3, 0.4) is 0 Å². The number of carbonyl (C=O) groups excluding carboxylic acids is 1. The van der Waals surface area contributed by atoms with Gasteiger partial charge in [-0.05, 0) is 31.5 Å². The lowest BCUT2D eigenvalue weighted by molar-refractivity contribution is -0.138. The van der Waals surface area contributed by atoms with E-state index in [1.165, 1.54) is 17.0 Å². The van der Waals surface area contributed by atoms with Crippen LogP contribution in [0.4, 0.5) is 13.2 Å². The number of hydrogen-bond acceptors (Lipinski definition) is 1. The number of halogens is 3. The van der Waals surface area contributed by atoms with Crippen molar-refractivity contribution >= 4 is 5.91 Å². The number of carbonyl (C=O) groups is 1. The number of alkyl halides is 3. The van der Waals surface area contributed by atoms with Crippen molar-refractivity contribution in [2.75, 3.05) is 0 Å². The second-order valence-corrected chi connectivity index (χ2v) is 4.36. The Morgan fingerprint density at radius 3 is 2.47 bits per heavy atom. The molecule has 1 aliphatic heterocycles. The SMILES string of the molecule is CC(C)N1Cc2c(cccc2C(F)(F)F)C1=O. The first-order valence-electron chi connectivity index (χ1n) is 5.32. The van der Waals surface area contributed by atoms with Crippen LogP contribution in [0, 0.1) is 0 Å². The van der Waals surface area contributed by atoms with E-state index < -0.39 is 11.7 Å². The van der Waals surface area contributed by atoms with Gasteiger partial charge >= 0.3 is 6.18 Å². The van der Waals surface area contributed by atoms with Crippen LogP contribution in [0.2, 0.25) is 0 Å². The number of nitrogens with zero attached hydrogens (tertiary/aromatic N) is 1. The van der Waals surface area contributed by atoms with Crippen molar-refractivity contribution in [3.8, 4) is 0 Å². The summed E-state index contributed by atoms with van der Waals surface area (Å²) in [5.74, 6) is -0.318. The lowest BCUT2D eigenvalue weighted by Gasteiger charge is -2.20. The van der Waals surface area contributed by atoms with E-state index in [0.717, 1.165) is 6.07 Å². The zero-order valence-corrected chi connectivity index (χ0v) is 9.51. The normalized spacial score (nSPS) is 15.6. The van der Waals surface area contributed by atoms with E-state index in [0.29, 0.717) is 0 Å². The predicted octanol–water partition coefficient (Wildman–Crippen LogP) is 3.07. The minimum atomic E-state index is -4.40. The van der Waals surface area contributed by atoms with Gasteiger partial charge < -0.3 is 4.90 Å². The molecule has 92 valence electrons. The fourth-order valence-corrected chi connectivity index (χ4v) is 2.04. The van der Waals surface area contributed by atoms with Crippen LogP contribution in [0.5, 0.6) is 0 Å². The van der Waals surface area contributed by atoms with Crippen LogP contribution in [0.15, 0.2) is 18.2 Å². The average Bonchev–Trinajstić information content (AvgIpc) is 2.55. The molecule has 0 spiro atoms. The Bertz CT molecular complexity index is 465. The first-order valence-corrected chi connectivity index (χ1v) is 5.32. The van der Waals surface area contributed by atoms with Gasteiger partial charge in [-0.25, -0.2) is 0 Å². The highest BCUT2D eigenvalue weighted by Gasteiger charge is 2.39. The van der Waals surface area contributed by atoms with Gasteiger partial charge in [-0.3, -0.25) is 4.79 Å². The molecule has 2 nitrogen and oxygen atoms in total. The molecule has 0 aromatic heterocycles. The molecule has 5 heteroatoms. The topological polar surface area (TPSA) is 20.3 Å². The second kappa shape index (κ2) is 3.75. The van der Waals surface area contributed by atoms with Gasteiger partial charge in [0.05, 0.1) is 5.56 Å². The third kappa shape index (κ3) is 1.90. The standard InChI is InChI=1S/C12H12F3NO/c1-7(2)16-6-9-8(11(16)17)4-3-5-10(9)12(13,14)15/h3-5,7H,6H2,1-2H3. The molecule has 1 aromatic rings. The van der Waals surface area contributed by atoms with Gasteiger partial charge in [0.1, 0.15) is 0 Å². The van der Waals surface area contributed by atoms with Gasteiger partial charge in [-0.2, -0.15) is 13.2 Å². The van der Waals surface area contributed by atoms with Crippen molar-refractivity contribution in [3.05, 3.63) is 34.9 Å². The summed E-state index contributed by atoms with van der Waals surface area (Å²) in [7, 11) is 0. The Hall–Kier alpha value is -1.52. The first kappa shape index (κ1) is 12.0. The quantitative estimate of drug-likeness (QED) is 0.742. The molecule has 0 atom stereocenters. The van der Waals surface area contributed by atoms with E-state index >= 15 is 0 Å². The molecule has 0 N–H and O–H groups in total. The average molecular weight is 243 g/mol. The van der Waals surface area contributed by atoms with Gasteiger partial charge in [-0.1, -0.05) is 6.07 Å². The third-order valence-electron chi connectivity index (χ3n) is 2.92. The van der Waals surface area contributed by atoms with E-state index in [4.69, 9.17) is 0 Å². The number of benzene rings is 1. The van der Waals surface area contributed by atoms with Gasteiger partial charge in [0.15, 0.2) is 0 Å². The highest BCUT2D eigenvalue weighted by molar-refractivity contribution is 5.99. The van der Waals surface area contributed by atoms with Crippen molar-refractivity contribution in [1.29, 1.82) is 0 Å². The molecule has 17 heavy (non-hydrogen) atoms. The van der Waals surface area contributed by atoms with Gasteiger partial charge in [0.25, 0.3) is 5.91 Å². The van der Waals surface area contributed by atoms with E-state index in [1.54, 1.807) is 13.8 Å². The molecule has 1 aliphatic rings. The molecular weight excluding hydrogens is 231 g/mol. The maximum absolute atomic E-state index is 12.8. The Morgan fingerprint density at radius 2 is 1.94 bits per heavy atom. The summed E-state index contributed by atoms with van der Waals surface area (Å²) in [6, 6.07) is 3.66. The van der Waals surface area contributed by atoms with Crippen LogP contribution in [0.25, 0.3) is 0 Å². The lowest BCUT2D eigenvalue weighted by atomic mass is 10.0. The predicted molar refractivity (Wildman–Crippen MR) is 56.5 cm³/mol. The molecule has 1 aromatic carbocycles. The van der Waals surface area contributed by atoms with Crippen molar-refractivity contribution in [2.45, 2.75) is 32.6 Å². The van der Waals surface area contributed by atoms with Gasteiger partial charge in [0.2, 0.25) is 0 Å². The number of hydrogen-bond donors (Lipinski definition) is 0. The molecule has 0 fully saturated rings. The summed E-state index contributed by atoms with van der Waals surface area (Å²) in [6.07, 6.45) is -4.40. The zero-order valence-electron chi connectivity index (χ0n) is 9.51. The van der Waals surface area contributed by atoms with Crippen LogP contribution in [-0.2, 0) is 12.7 Å². The second-order valence-electron chi connectivity index (χ2n) is 4.36. The fourth-order valence-electron chi connectivity index (χ4n) is 2.04. The van der Waals surface area contributed by atoms with Crippen molar-refractivity contribution in [3.63, 3.8) is 0 Å². The number of fused-ring (bicyclic) bond motifs is 1. The molecule has 0 unspecified atom stereocenters. The molecule has 1 heterocycles. The number of rotatable bonds is 1. The summed E-state index contributed by atoms with van der Waals surface area (Å²) in [5.41, 5.74) is -0.432. The molecule has 1 amide bonds. The Balaban J connectivity index is 2.51. The lowest BCUT2D eigenvalue weighted by Crippen LogP contribution is -2.30. The molecule has 0 saturated heterocycles. The van der Waals surface area contributed by atoms with E-state index in [-0.39, 0.29) is 29.6 Å². The number of amides is 1. The van der Waals surface area contributed by atoms with Gasteiger partial charge in [0, 0.05) is 18.2 Å². The van der Waals surface area contributed by atoms with Crippen LogP contribution in [-0.4, -0.2) is 16.8 Å². The summed E-state index contributed by atoms with van der Waals surface area (Å²) >= 11 is 0. The maximum atomic E-state index is 12.8. The smallest absolute Gasteiger partial charge is 0.332 e. The first-order chi connectivity index (χ1) is 7.82. The zero-order chi connectivity index (χ0) is 12.8. The molecule has 0 aliphatic carbocycles. The Morgan fingerprint density at radius 1 is 1.29 bits per heavy atom. The maximum Gasteiger partial charge on any atom is 0.416 e. The fraction of sp³-hybridized carbons (Fsp3) is 0.417. The molecule has 0 bridgehead atoms. The molecule has 0 saturated carbocycles. The summed E-state index contributed by atoms with van der Waals surface area (Å²) in [5, 5.41) is 0. The monoisotopic (exact) mass is 243 g/mol. The largest absolute Gasteiger partial charge is 0.416 e. The minimum Gasteiger partial charge on any atom is -0.332 e. The van der Waals surface area contributed by atoms with Crippen LogP contribution in [0.1, 0.15) is 35.3 Å². The Kier molecular flexibility index (Phi) is 2.64. The van der Waals surface area contributed by atoms with Gasteiger partial charge in [-0.15, -0.1) is 0 Å². The summed E-state index contributed by atoms with van der Waals surface area (Å²) < 4.78 is 38.3. The molecular formula is C12H12F3NO. The van der Waals surface area contributed by atoms with Crippen molar-refractivity contribution in [2.24, 2.45) is 0 Å². The highest BCUT2D eigenvalue weighted by Crippen LogP contribution is 2.37. The van der Waals surface area contributed by atoms with E-state index in [1.807, 2.05) is 0 Å².